The lowest BCUT2D eigenvalue weighted by molar-refractivity contribution is -0.188. The molecule has 4 nitrogen and oxygen atoms in total. The fourth-order valence-corrected chi connectivity index (χ4v) is 4.84. The molecule has 23 heavy (non-hydrogen) atoms. The number of ether oxygens (including phenoxy) is 1. The van der Waals surface area contributed by atoms with Gasteiger partial charge in [0.1, 0.15) is 0 Å². The van der Waals surface area contributed by atoms with Crippen molar-refractivity contribution in [3.8, 4) is 0 Å². The second-order valence-corrected chi connectivity index (χ2v) is 8.37. The second kappa shape index (κ2) is 6.81. The molecule has 2 heterocycles. The molecule has 1 aromatic heterocycles. The van der Waals surface area contributed by atoms with E-state index in [9.17, 15) is 0 Å². The highest BCUT2D eigenvalue weighted by atomic mass is 32.1. The predicted octanol–water partition coefficient (Wildman–Crippen LogP) is 3.00. The Morgan fingerprint density at radius 1 is 1.52 bits per heavy atom. The maximum atomic E-state index is 6.00. The van der Waals surface area contributed by atoms with Gasteiger partial charge in [-0.2, -0.15) is 0 Å². The third kappa shape index (κ3) is 3.26. The lowest BCUT2D eigenvalue weighted by atomic mass is 9.55. The first-order valence-corrected chi connectivity index (χ1v) is 9.50. The molecule has 0 spiro atoms. The van der Waals surface area contributed by atoms with Gasteiger partial charge in [0.05, 0.1) is 6.10 Å². The van der Waals surface area contributed by atoms with Crippen LogP contribution in [0.2, 0.25) is 0 Å². The molecule has 2 fully saturated rings. The fraction of sp³-hybridized carbons (Fsp3) is 0.722. The van der Waals surface area contributed by atoms with Gasteiger partial charge in [0.2, 0.25) is 0 Å². The van der Waals surface area contributed by atoms with Crippen molar-refractivity contribution in [3.05, 3.63) is 22.4 Å². The van der Waals surface area contributed by atoms with E-state index in [-0.39, 0.29) is 5.41 Å². The molecular weight excluding hydrogens is 306 g/mol. The van der Waals surface area contributed by atoms with Crippen molar-refractivity contribution in [3.63, 3.8) is 0 Å². The van der Waals surface area contributed by atoms with Crippen molar-refractivity contribution in [2.45, 2.75) is 45.3 Å². The molecular formula is C18H29N3OS. The van der Waals surface area contributed by atoms with E-state index in [0.717, 1.165) is 25.5 Å². The first-order chi connectivity index (χ1) is 11.0. The summed E-state index contributed by atoms with van der Waals surface area (Å²) in [6.07, 6.45) is 3.92. The Labute approximate surface area is 143 Å². The number of guanidine groups is 1. The van der Waals surface area contributed by atoms with Crippen LogP contribution in [0.25, 0.3) is 0 Å². The van der Waals surface area contributed by atoms with Gasteiger partial charge in [-0.25, -0.2) is 0 Å². The van der Waals surface area contributed by atoms with E-state index in [0.29, 0.717) is 18.1 Å². The highest BCUT2D eigenvalue weighted by Crippen LogP contribution is 2.51. The smallest absolute Gasteiger partial charge is 0.193 e. The van der Waals surface area contributed by atoms with E-state index < -0.39 is 0 Å². The van der Waals surface area contributed by atoms with Crippen LogP contribution >= 0.6 is 11.3 Å². The molecule has 1 aliphatic carbocycles. The van der Waals surface area contributed by atoms with Crippen molar-refractivity contribution in [1.29, 1.82) is 0 Å². The van der Waals surface area contributed by atoms with E-state index in [1.807, 2.05) is 18.4 Å². The molecule has 1 aromatic rings. The van der Waals surface area contributed by atoms with Gasteiger partial charge < -0.3 is 15.0 Å². The van der Waals surface area contributed by atoms with Crippen molar-refractivity contribution < 1.29 is 4.74 Å². The van der Waals surface area contributed by atoms with E-state index >= 15 is 0 Å². The third-order valence-electron chi connectivity index (χ3n) is 5.46. The molecule has 3 rings (SSSR count). The summed E-state index contributed by atoms with van der Waals surface area (Å²) >= 11 is 1.82. The molecule has 0 amide bonds. The van der Waals surface area contributed by atoms with Crippen LogP contribution in [-0.4, -0.2) is 50.3 Å². The molecule has 2 aliphatic rings. The number of fused-ring (bicyclic) bond motifs is 1. The van der Waals surface area contributed by atoms with E-state index in [1.165, 1.54) is 17.7 Å². The van der Waals surface area contributed by atoms with Crippen LogP contribution < -0.4 is 5.32 Å². The summed E-state index contributed by atoms with van der Waals surface area (Å²) in [6, 6.07) is 4.77. The zero-order valence-corrected chi connectivity index (χ0v) is 15.5. The average Bonchev–Trinajstić information content (AvgIpc) is 3.07. The molecule has 128 valence electrons. The number of aliphatic imine (C=N–C) groups is 1. The largest absolute Gasteiger partial charge is 0.377 e. The first kappa shape index (κ1) is 16.8. The summed E-state index contributed by atoms with van der Waals surface area (Å²) < 4.78 is 6.00. The molecule has 1 saturated carbocycles. The summed E-state index contributed by atoms with van der Waals surface area (Å²) in [7, 11) is 4.01. The molecule has 3 unspecified atom stereocenters. The topological polar surface area (TPSA) is 36.9 Å². The summed E-state index contributed by atoms with van der Waals surface area (Å²) in [4.78, 5) is 8.18. The van der Waals surface area contributed by atoms with Crippen LogP contribution in [0, 0.1) is 11.3 Å². The van der Waals surface area contributed by atoms with Crippen LogP contribution in [0.3, 0.4) is 0 Å². The number of nitrogens with zero attached hydrogens (tertiary/aromatic N) is 2. The highest BCUT2D eigenvalue weighted by molar-refractivity contribution is 7.09. The monoisotopic (exact) mass is 335 g/mol. The van der Waals surface area contributed by atoms with Gasteiger partial charge in [0.25, 0.3) is 0 Å². The Balaban J connectivity index is 1.58. The van der Waals surface area contributed by atoms with Gasteiger partial charge in [-0.15, -0.1) is 11.3 Å². The minimum absolute atomic E-state index is 0.176. The van der Waals surface area contributed by atoms with E-state index in [1.54, 1.807) is 0 Å². The minimum atomic E-state index is 0.176. The molecule has 0 bridgehead atoms. The molecule has 1 N–H and O–H groups in total. The summed E-state index contributed by atoms with van der Waals surface area (Å²) in [6.45, 7) is 6.54. The highest BCUT2D eigenvalue weighted by Gasteiger charge is 2.58. The normalized spacial score (nSPS) is 29.6. The van der Waals surface area contributed by atoms with E-state index in [4.69, 9.17) is 4.74 Å². The molecule has 3 atom stereocenters. The van der Waals surface area contributed by atoms with Gasteiger partial charge in [0, 0.05) is 49.5 Å². The number of nitrogens with one attached hydrogen (secondary N) is 1. The first-order valence-electron chi connectivity index (χ1n) is 8.62. The lowest BCUT2D eigenvalue weighted by Gasteiger charge is -2.60. The Hall–Kier alpha value is -1.07. The molecule has 0 radical (unpaired) electrons. The molecule has 1 aliphatic heterocycles. The SMILES string of the molecule is CN=C(NC1C2CCCOC2C1(C)C)N(C)CCc1cccs1. The Bertz CT molecular complexity index is 540. The van der Waals surface area contributed by atoms with Gasteiger partial charge in [-0.1, -0.05) is 19.9 Å². The number of hydrogen-bond donors (Lipinski definition) is 1. The Morgan fingerprint density at radius 3 is 3.04 bits per heavy atom. The van der Waals surface area contributed by atoms with Gasteiger partial charge in [-0.05, 0) is 30.7 Å². The summed E-state index contributed by atoms with van der Waals surface area (Å²) in [5.74, 6) is 1.63. The van der Waals surface area contributed by atoms with Crippen LogP contribution in [0.1, 0.15) is 31.6 Å². The van der Waals surface area contributed by atoms with Crippen molar-refractivity contribution in [2.75, 3.05) is 27.2 Å². The molecule has 1 saturated heterocycles. The molecule has 5 heteroatoms. The third-order valence-corrected chi connectivity index (χ3v) is 6.40. The van der Waals surface area contributed by atoms with Gasteiger partial charge in [0.15, 0.2) is 5.96 Å². The van der Waals surface area contributed by atoms with Crippen LogP contribution in [0.15, 0.2) is 22.5 Å². The lowest BCUT2D eigenvalue weighted by Crippen LogP contribution is -2.71. The average molecular weight is 336 g/mol. The Kier molecular flexibility index (Phi) is 4.97. The summed E-state index contributed by atoms with van der Waals surface area (Å²) in [5.41, 5.74) is 0.176. The zero-order valence-electron chi connectivity index (χ0n) is 14.7. The quantitative estimate of drug-likeness (QED) is 0.679. The van der Waals surface area contributed by atoms with Crippen LogP contribution in [0.5, 0.6) is 0 Å². The fourth-order valence-electron chi connectivity index (χ4n) is 4.14. The predicted molar refractivity (Wildman–Crippen MR) is 97.2 cm³/mol. The second-order valence-electron chi connectivity index (χ2n) is 7.34. The number of rotatable bonds is 4. The minimum Gasteiger partial charge on any atom is -0.377 e. The standard InChI is InChI=1S/C18H29N3OS/c1-18(2)15(14-8-5-11-22-16(14)18)20-17(19-3)21(4)10-9-13-7-6-12-23-13/h6-7,12,14-16H,5,8-11H2,1-4H3,(H,19,20). The number of thiophene rings is 1. The molecule has 0 aromatic carbocycles. The van der Waals surface area contributed by atoms with E-state index in [2.05, 4.69) is 53.6 Å². The van der Waals surface area contributed by atoms with Crippen molar-refractivity contribution in [2.24, 2.45) is 16.3 Å². The van der Waals surface area contributed by atoms with Gasteiger partial charge >= 0.3 is 0 Å². The van der Waals surface area contributed by atoms with Crippen LogP contribution in [0.4, 0.5) is 0 Å². The maximum Gasteiger partial charge on any atom is 0.193 e. The Morgan fingerprint density at radius 2 is 2.35 bits per heavy atom. The van der Waals surface area contributed by atoms with Gasteiger partial charge in [-0.3, -0.25) is 4.99 Å². The zero-order chi connectivity index (χ0) is 16.4. The van der Waals surface area contributed by atoms with Crippen molar-refractivity contribution in [1.82, 2.24) is 10.2 Å². The van der Waals surface area contributed by atoms with Crippen molar-refractivity contribution >= 4 is 17.3 Å². The summed E-state index contributed by atoms with van der Waals surface area (Å²) in [5, 5.41) is 5.86. The van der Waals surface area contributed by atoms with Crippen LogP contribution in [-0.2, 0) is 11.2 Å². The number of likely N-dealkylation sites (N-methyl/N-ethyl adjacent to an activating group) is 1. The number of hydrogen-bond acceptors (Lipinski definition) is 3. The maximum absolute atomic E-state index is 6.00.